The number of methoxy groups -OCH3 is 1. The summed E-state index contributed by atoms with van der Waals surface area (Å²) < 4.78 is 4.81. The van der Waals surface area contributed by atoms with Gasteiger partial charge in [-0.2, -0.15) is 0 Å². The molecule has 0 unspecified atom stereocenters. The molecule has 3 amide bonds. The summed E-state index contributed by atoms with van der Waals surface area (Å²) in [5.74, 6) is 1.67. The standard InChI is InChI=1S/C52H65N8O4/c1-32(2)29-46(61)58-27-9-11-44(58)48-53-30-40(55-48)34-13-17-36(18-14-34)42-25-26-43(60(42)39-23-21-38(22-24-39)52(5,6)7)37-19-15-35(16-20-37)41-31-54-49(56-41)45-12-10-28-59(45)50(62)47(33(3)4)57-51(63)64-8/h13-24,29-33,42-45,47H,9-12,25-28H2,1-8H3,(H,53,55)(H,54,56)(H,57,63)/t42-,43+,44+,45+,47+/m1/s1. The lowest BCUT2D eigenvalue weighted by molar-refractivity contribution is -0.135. The van der Waals surface area contributed by atoms with Gasteiger partial charge in [-0.05, 0) is 84.6 Å². The van der Waals surface area contributed by atoms with E-state index in [0.717, 1.165) is 79.2 Å². The van der Waals surface area contributed by atoms with Gasteiger partial charge in [0.15, 0.2) is 0 Å². The highest BCUT2D eigenvalue weighted by Gasteiger charge is 2.39. The minimum absolute atomic E-state index is 0.0306. The van der Waals surface area contributed by atoms with E-state index in [4.69, 9.17) is 14.7 Å². The number of anilines is 1. The molecule has 3 N–H and O–H groups in total. The molecular weight excluding hydrogens is 801 g/mol. The van der Waals surface area contributed by atoms with Gasteiger partial charge in [-0.25, -0.2) is 14.8 Å². The lowest BCUT2D eigenvalue weighted by Gasteiger charge is -2.34. The molecule has 3 aromatic carbocycles. The van der Waals surface area contributed by atoms with Crippen LogP contribution in [-0.2, 0) is 19.7 Å². The van der Waals surface area contributed by atoms with Gasteiger partial charge in [0.2, 0.25) is 11.8 Å². The van der Waals surface area contributed by atoms with Crippen LogP contribution in [0.1, 0.15) is 139 Å². The van der Waals surface area contributed by atoms with Gasteiger partial charge in [-0.3, -0.25) is 9.59 Å². The van der Waals surface area contributed by atoms with E-state index < -0.39 is 12.1 Å². The van der Waals surface area contributed by atoms with Crippen LogP contribution in [0.25, 0.3) is 22.5 Å². The number of aromatic amines is 2. The Morgan fingerprint density at radius 3 is 1.67 bits per heavy atom. The van der Waals surface area contributed by atoms with E-state index in [1.165, 1.54) is 29.5 Å². The Morgan fingerprint density at radius 1 is 0.703 bits per heavy atom. The molecule has 337 valence electrons. The van der Waals surface area contributed by atoms with E-state index >= 15 is 0 Å². The number of carbonyl (C=O) groups is 3. The number of hydrogen-bond donors (Lipinski definition) is 3. The first-order chi connectivity index (χ1) is 30.7. The van der Waals surface area contributed by atoms with E-state index in [1.807, 2.05) is 49.9 Å². The molecule has 0 bridgehead atoms. The van der Waals surface area contributed by atoms with E-state index in [1.54, 1.807) is 6.42 Å². The number of carbonyl (C=O) groups excluding carboxylic acids is 3. The first-order valence-corrected chi connectivity index (χ1v) is 23.2. The number of alkyl carbamates (subject to hydrolysis) is 1. The van der Waals surface area contributed by atoms with Crippen LogP contribution >= 0.6 is 0 Å². The minimum atomic E-state index is -0.683. The van der Waals surface area contributed by atoms with Gasteiger partial charge >= 0.3 is 6.09 Å². The zero-order valence-electron chi connectivity index (χ0n) is 38.7. The van der Waals surface area contributed by atoms with Gasteiger partial charge in [0.25, 0.3) is 0 Å². The molecule has 3 fully saturated rings. The highest BCUT2D eigenvalue weighted by Crippen LogP contribution is 2.48. The smallest absolute Gasteiger partial charge is 0.407 e. The third-order valence-electron chi connectivity index (χ3n) is 13.4. The van der Waals surface area contributed by atoms with Crippen LogP contribution in [0, 0.1) is 18.3 Å². The predicted molar refractivity (Wildman–Crippen MR) is 251 cm³/mol. The summed E-state index contributed by atoms with van der Waals surface area (Å²) >= 11 is 0. The maximum atomic E-state index is 13.7. The number of benzene rings is 3. The molecule has 5 heterocycles. The third kappa shape index (κ3) is 9.33. The number of likely N-dealkylation sites (tertiary alicyclic amines) is 2. The number of ether oxygens (including phenoxy) is 1. The zero-order valence-corrected chi connectivity index (χ0v) is 38.7. The number of imidazole rings is 2. The Hall–Kier alpha value is -5.91. The summed E-state index contributed by atoms with van der Waals surface area (Å²) in [6, 6.07) is 26.2. The number of hydrogen-bond acceptors (Lipinski definition) is 7. The Bertz CT molecular complexity index is 2390. The molecule has 8 rings (SSSR count). The fourth-order valence-electron chi connectivity index (χ4n) is 9.91. The van der Waals surface area contributed by atoms with Crippen molar-refractivity contribution in [2.24, 2.45) is 11.8 Å². The normalized spacial score (nSPS) is 20.7. The highest BCUT2D eigenvalue weighted by atomic mass is 16.5. The molecule has 12 nitrogen and oxygen atoms in total. The Balaban J connectivity index is 1.01. The van der Waals surface area contributed by atoms with Gasteiger partial charge in [-0.1, -0.05) is 109 Å². The van der Waals surface area contributed by atoms with E-state index in [0.29, 0.717) is 6.54 Å². The largest absolute Gasteiger partial charge is 0.453 e. The number of rotatable bonds is 12. The third-order valence-corrected chi connectivity index (χ3v) is 13.4. The molecule has 64 heavy (non-hydrogen) atoms. The van der Waals surface area contributed by atoms with Crippen LogP contribution in [0.2, 0.25) is 0 Å². The predicted octanol–water partition coefficient (Wildman–Crippen LogP) is 10.4. The lowest BCUT2D eigenvalue weighted by atomic mass is 9.87. The molecule has 3 aliphatic heterocycles. The van der Waals surface area contributed by atoms with Crippen molar-refractivity contribution in [3.8, 4) is 22.5 Å². The first kappa shape index (κ1) is 44.7. The van der Waals surface area contributed by atoms with Crippen molar-refractivity contribution in [2.45, 2.75) is 123 Å². The summed E-state index contributed by atoms with van der Waals surface area (Å²) in [7, 11) is 1.31. The molecule has 0 aliphatic carbocycles. The van der Waals surface area contributed by atoms with Crippen molar-refractivity contribution in [3.63, 3.8) is 0 Å². The van der Waals surface area contributed by atoms with Gasteiger partial charge in [0.05, 0.1) is 49.1 Å². The minimum Gasteiger partial charge on any atom is -0.453 e. The molecule has 2 aromatic heterocycles. The van der Waals surface area contributed by atoms with Crippen molar-refractivity contribution in [2.75, 3.05) is 25.1 Å². The van der Waals surface area contributed by atoms with Crippen LogP contribution in [0.15, 0.2) is 85.2 Å². The van der Waals surface area contributed by atoms with Crippen LogP contribution in [0.3, 0.4) is 0 Å². The number of nitrogens with zero attached hydrogens (tertiary/aromatic N) is 5. The maximum absolute atomic E-state index is 13.7. The SMILES string of the molecule is COC(=O)N[C@H](C(=O)N1CCC[C@H]1c1nc(-c2ccc([C@@H]3CC[C@H](c4ccc(-c5c[nH]c([C@@H]6CCCN6C(=O)[CH]C(C)C)n5)cc4)N3c3ccc(C(C)(C)C)cc3)cc2)c[nH]1)C(C)C. The maximum Gasteiger partial charge on any atom is 0.407 e. The Labute approximate surface area is 378 Å². The number of amides is 3. The fourth-order valence-corrected chi connectivity index (χ4v) is 9.91. The van der Waals surface area contributed by atoms with E-state index in [2.05, 4.69) is 114 Å². The topological polar surface area (TPSA) is 140 Å². The first-order valence-electron chi connectivity index (χ1n) is 23.2. The molecule has 1 radical (unpaired) electrons. The van der Waals surface area contributed by atoms with Crippen LogP contribution < -0.4 is 10.2 Å². The molecule has 0 spiro atoms. The van der Waals surface area contributed by atoms with Crippen LogP contribution in [0.4, 0.5) is 10.5 Å². The number of H-pyrrole nitrogens is 2. The van der Waals surface area contributed by atoms with Crippen LogP contribution in [-0.4, -0.2) is 73.9 Å². The fraction of sp³-hybridized carbons (Fsp3) is 0.462. The van der Waals surface area contributed by atoms with Gasteiger partial charge in [0, 0.05) is 42.3 Å². The van der Waals surface area contributed by atoms with Crippen molar-refractivity contribution < 1.29 is 19.1 Å². The lowest BCUT2D eigenvalue weighted by Crippen LogP contribution is -2.51. The highest BCUT2D eigenvalue weighted by molar-refractivity contribution is 5.87. The molecule has 3 aliphatic rings. The van der Waals surface area contributed by atoms with Crippen molar-refractivity contribution >= 4 is 23.6 Å². The monoisotopic (exact) mass is 866 g/mol. The second-order valence-corrected chi connectivity index (χ2v) is 19.5. The number of aromatic nitrogens is 4. The van der Waals surface area contributed by atoms with Crippen molar-refractivity contribution in [3.05, 3.63) is 120 Å². The summed E-state index contributed by atoms with van der Waals surface area (Å²) in [5.41, 5.74) is 8.83. The molecule has 5 atom stereocenters. The number of nitrogens with one attached hydrogen (secondary N) is 3. The van der Waals surface area contributed by atoms with Crippen molar-refractivity contribution in [1.29, 1.82) is 0 Å². The average molecular weight is 866 g/mol. The van der Waals surface area contributed by atoms with E-state index in [9.17, 15) is 14.4 Å². The van der Waals surface area contributed by atoms with Gasteiger partial charge in [0.1, 0.15) is 17.7 Å². The molecular formula is C52H65N8O4. The summed E-state index contributed by atoms with van der Waals surface area (Å²) in [4.78, 5) is 62.0. The van der Waals surface area contributed by atoms with Gasteiger partial charge in [-0.15, -0.1) is 0 Å². The summed E-state index contributed by atoms with van der Waals surface area (Å²) in [5, 5.41) is 2.73. The Kier molecular flexibility index (Phi) is 13.0. The van der Waals surface area contributed by atoms with Crippen LogP contribution in [0.5, 0.6) is 0 Å². The van der Waals surface area contributed by atoms with Gasteiger partial charge < -0.3 is 34.7 Å². The zero-order chi connectivity index (χ0) is 45.3. The Morgan fingerprint density at radius 2 is 1.20 bits per heavy atom. The second-order valence-electron chi connectivity index (χ2n) is 19.5. The molecule has 12 heteroatoms. The van der Waals surface area contributed by atoms with E-state index in [-0.39, 0.29) is 53.2 Å². The summed E-state index contributed by atoms with van der Waals surface area (Å²) in [6.45, 7) is 16.0. The molecule has 0 saturated carbocycles. The molecule has 5 aromatic rings. The summed E-state index contributed by atoms with van der Waals surface area (Å²) in [6.07, 6.45) is 10.6. The molecule has 3 saturated heterocycles. The second kappa shape index (κ2) is 18.7. The van der Waals surface area contributed by atoms with Crippen molar-refractivity contribution in [1.82, 2.24) is 35.1 Å². The average Bonchev–Trinajstić information content (AvgIpc) is 4.14. The quantitative estimate of drug-likeness (QED) is 0.113.